The van der Waals surface area contributed by atoms with Crippen molar-refractivity contribution in [3.8, 4) is 0 Å². The van der Waals surface area contributed by atoms with Gasteiger partial charge in [-0.05, 0) is 31.2 Å². The van der Waals surface area contributed by atoms with Gasteiger partial charge in [-0.3, -0.25) is 4.79 Å². The van der Waals surface area contributed by atoms with Gasteiger partial charge in [0.2, 0.25) is 5.91 Å². The van der Waals surface area contributed by atoms with Gasteiger partial charge in [0, 0.05) is 12.1 Å². The minimum atomic E-state index is -0.548. The quantitative estimate of drug-likeness (QED) is 0.833. The zero-order chi connectivity index (χ0) is 11.3. The van der Waals surface area contributed by atoms with E-state index in [0.29, 0.717) is 25.1 Å². The molecule has 5 heteroatoms. The standard InChI is InChI=1S/C10H12ClFN2O/c11-8-4-3-7(6-9(8)12)14-10(15)2-1-5-13/h3-4,6H,1-2,5,13H2,(H,14,15). The number of carbonyl (C=O) groups is 1. The first-order chi connectivity index (χ1) is 7.13. The fourth-order valence-electron chi connectivity index (χ4n) is 1.06. The van der Waals surface area contributed by atoms with Crippen LogP contribution in [-0.4, -0.2) is 12.5 Å². The fourth-order valence-corrected chi connectivity index (χ4v) is 1.18. The Labute approximate surface area is 92.4 Å². The number of benzene rings is 1. The summed E-state index contributed by atoms with van der Waals surface area (Å²) in [5.41, 5.74) is 5.66. The van der Waals surface area contributed by atoms with Crippen LogP contribution < -0.4 is 11.1 Å². The third kappa shape index (κ3) is 3.85. The lowest BCUT2D eigenvalue weighted by molar-refractivity contribution is -0.116. The van der Waals surface area contributed by atoms with E-state index in [4.69, 9.17) is 17.3 Å². The van der Waals surface area contributed by atoms with Crippen molar-refractivity contribution in [3.05, 3.63) is 29.0 Å². The second kappa shape index (κ2) is 5.68. The molecular formula is C10H12ClFN2O. The van der Waals surface area contributed by atoms with Crippen LogP contribution in [0.5, 0.6) is 0 Å². The number of nitrogens with two attached hydrogens (primary N) is 1. The van der Waals surface area contributed by atoms with Crippen molar-refractivity contribution < 1.29 is 9.18 Å². The molecule has 1 aromatic carbocycles. The molecule has 0 saturated heterocycles. The lowest BCUT2D eigenvalue weighted by Gasteiger charge is -2.05. The summed E-state index contributed by atoms with van der Waals surface area (Å²) in [6.45, 7) is 0.461. The highest BCUT2D eigenvalue weighted by Crippen LogP contribution is 2.18. The summed E-state index contributed by atoms with van der Waals surface area (Å²) in [6.07, 6.45) is 0.947. The lowest BCUT2D eigenvalue weighted by atomic mass is 10.2. The number of amides is 1. The van der Waals surface area contributed by atoms with Gasteiger partial charge in [0.15, 0.2) is 0 Å². The normalized spacial score (nSPS) is 10.1. The van der Waals surface area contributed by atoms with Crippen LogP contribution in [0, 0.1) is 5.82 Å². The van der Waals surface area contributed by atoms with Gasteiger partial charge in [-0.15, -0.1) is 0 Å². The molecule has 1 rings (SSSR count). The summed E-state index contributed by atoms with van der Waals surface area (Å²) < 4.78 is 13.0. The minimum absolute atomic E-state index is 0.0370. The van der Waals surface area contributed by atoms with Gasteiger partial charge in [-0.25, -0.2) is 4.39 Å². The average Bonchev–Trinajstić information content (AvgIpc) is 2.20. The van der Waals surface area contributed by atoms with Crippen LogP contribution in [0.2, 0.25) is 5.02 Å². The van der Waals surface area contributed by atoms with Crippen LogP contribution in [0.1, 0.15) is 12.8 Å². The Bertz CT molecular complexity index is 357. The molecule has 1 amide bonds. The lowest BCUT2D eigenvalue weighted by Crippen LogP contribution is -2.13. The van der Waals surface area contributed by atoms with Crippen molar-refractivity contribution in [2.45, 2.75) is 12.8 Å². The molecule has 3 nitrogen and oxygen atoms in total. The first-order valence-electron chi connectivity index (χ1n) is 4.58. The van der Waals surface area contributed by atoms with E-state index in [1.807, 2.05) is 0 Å². The predicted octanol–water partition coefficient (Wildman–Crippen LogP) is 2.16. The van der Waals surface area contributed by atoms with E-state index in [1.54, 1.807) is 6.07 Å². The first kappa shape index (κ1) is 11.9. The van der Waals surface area contributed by atoms with Crippen molar-refractivity contribution in [2.24, 2.45) is 5.73 Å². The SMILES string of the molecule is NCCCC(=O)Nc1ccc(Cl)c(F)c1. The maximum atomic E-state index is 13.0. The van der Waals surface area contributed by atoms with E-state index in [1.165, 1.54) is 12.1 Å². The molecule has 0 aliphatic rings. The third-order valence-electron chi connectivity index (χ3n) is 1.81. The molecule has 0 aromatic heterocycles. The van der Waals surface area contributed by atoms with Crippen molar-refractivity contribution in [3.63, 3.8) is 0 Å². The molecule has 0 radical (unpaired) electrons. The molecule has 0 saturated carbocycles. The Morgan fingerprint density at radius 2 is 2.27 bits per heavy atom. The van der Waals surface area contributed by atoms with Gasteiger partial charge in [0.25, 0.3) is 0 Å². The molecule has 0 fully saturated rings. The van der Waals surface area contributed by atoms with Crippen molar-refractivity contribution in [1.29, 1.82) is 0 Å². The smallest absolute Gasteiger partial charge is 0.224 e. The molecule has 0 heterocycles. The zero-order valence-electron chi connectivity index (χ0n) is 8.09. The van der Waals surface area contributed by atoms with Gasteiger partial charge < -0.3 is 11.1 Å². The minimum Gasteiger partial charge on any atom is -0.330 e. The number of halogens is 2. The fraction of sp³-hybridized carbons (Fsp3) is 0.300. The molecule has 0 atom stereocenters. The summed E-state index contributed by atoms with van der Waals surface area (Å²) in [7, 11) is 0. The molecule has 0 spiro atoms. The maximum Gasteiger partial charge on any atom is 0.224 e. The summed E-state index contributed by atoms with van der Waals surface area (Å²) in [4.78, 5) is 11.2. The van der Waals surface area contributed by atoms with Crippen LogP contribution in [0.3, 0.4) is 0 Å². The molecule has 0 bridgehead atoms. The number of anilines is 1. The van der Waals surface area contributed by atoms with Gasteiger partial charge in [-0.1, -0.05) is 11.6 Å². The Kier molecular flexibility index (Phi) is 4.52. The molecule has 15 heavy (non-hydrogen) atoms. The van der Waals surface area contributed by atoms with E-state index in [-0.39, 0.29) is 10.9 Å². The van der Waals surface area contributed by atoms with E-state index in [2.05, 4.69) is 5.32 Å². The molecule has 0 aliphatic heterocycles. The predicted molar refractivity (Wildman–Crippen MR) is 58.3 cm³/mol. The summed E-state index contributed by atoms with van der Waals surface area (Å²) in [5.74, 6) is -0.726. The highest BCUT2D eigenvalue weighted by Gasteiger charge is 2.04. The monoisotopic (exact) mass is 230 g/mol. The average molecular weight is 231 g/mol. The Morgan fingerprint density at radius 1 is 1.53 bits per heavy atom. The van der Waals surface area contributed by atoms with Crippen LogP contribution in [0.25, 0.3) is 0 Å². The number of nitrogens with one attached hydrogen (secondary N) is 1. The largest absolute Gasteiger partial charge is 0.330 e. The highest BCUT2D eigenvalue weighted by atomic mass is 35.5. The van der Waals surface area contributed by atoms with E-state index >= 15 is 0 Å². The molecule has 0 unspecified atom stereocenters. The molecule has 1 aromatic rings. The zero-order valence-corrected chi connectivity index (χ0v) is 8.85. The highest BCUT2D eigenvalue weighted by molar-refractivity contribution is 6.30. The molecular weight excluding hydrogens is 219 g/mol. The van der Waals surface area contributed by atoms with Gasteiger partial charge >= 0.3 is 0 Å². The van der Waals surface area contributed by atoms with Gasteiger partial charge in [0.1, 0.15) is 5.82 Å². The maximum absolute atomic E-state index is 13.0. The molecule has 3 N–H and O–H groups in total. The van der Waals surface area contributed by atoms with Crippen molar-refractivity contribution in [2.75, 3.05) is 11.9 Å². The Morgan fingerprint density at radius 3 is 2.87 bits per heavy atom. The first-order valence-corrected chi connectivity index (χ1v) is 4.96. The number of rotatable bonds is 4. The van der Waals surface area contributed by atoms with E-state index < -0.39 is 5.82 Å². The molecule has 82 valence electrons. The number of carbonyl (C=O) groups excluding carboxylic acids is 1. The second-order valence-electron chi connectivity index (χ2n) is 3.07. The van der Waals surface area contributed by atoms with Crippen LogP contribution in [0.4, 0.5) is 10.1 Å². The second-order valence-corrected chi connectivity index (χ2v) is 3.48. The van der Waals surface area contributed by atoms with E-state index in [9.17, 15) is 9.18 Å². The van der Waals surface area contributed by atoms with E-state index in [0.717, 1.165) is 0 Å². The van der Waals surface area contributed by atoms with Crippen molar-refractivity contribution >= 4 is 23.2 Å². The Hall–Kier alpha value is -1.13. The van der Waals surface area contributed by atoms with Gasteiger partial charge in [-0.2, -0.15) is 0 Å². The summed E-state index contributed by atoms with van der Waals surface area (Å²) in [5, 5.41) is 2.59. The van der Waals surface area contributed by atoms with Crippen molar-refractivity contribution in [1.82, 2.24) is 0 Å². The summed E-state index contributed by atoms with van der Waals surface area (Å²) in [6, 6.07) is 4.13. The van der Waals surface area contributed by atoms with Gasteiger partial charge in [0.05, 0.1) is 5.02 Å². The number of hydrogen-bond acceptors (Lipinski definition) is 2. The van der Waals surface area contributed by atoms with Crippen LogP contribution in [-0.2, 0) is 4.79 Å². The third-order valence-corrected chi connectivity index (χ3v) is 2.12. The van der Waals surface area contributed by atoms with Crippen LogP contribution >= 0.6 is 11.6 Å². The Balaban J connectivity index is 2.57. The molecule has 0 aliphatic carbocycles. The topological polar surface area (TPSA) is 55.1 Å². The summed E-state index contributed by atoms with van der Waals surface area (Å²) >= 11 is 5.50. The number of hydrogen-bond donors (Lipinski definition) is 2. The van der Waals surface area contributed by atoms with Crippen LogP contribution in [0.15, 0.2) is 18.2 Å².